The first kappa shape index (κ1) is 20.8. The van der Waals surface area contributed by atoms with Crippen molar-refractivity contribution < 1.29 is 14.3 Å². The summed E-state index contributed by atoms with van der Waals surface area (Å²) in [5.41, 5.74) is 1.91. The van der Waals surface area contributed by atoms with Gasteiger partial charge in [0.25, 0.3) is 5.91 Å². The average molecular weight is 410 g/mol. The van der Waals surface area contributed by atoms with E-state index in [4.69, 9.17) is 4.74 Å². The minimum Gasteiger partial charge on any atom is -0.619 e. The Morgan fingerprint density at radius 2 is 1.87 bits per heavy atom. The molecule has 1 spiro atoms. The van der Waals surface area contributed by atoms with Gasteiger partial charge in [-0.25, -0.2) is 0 Å². The third-order valence-electron chi connectivity index (χ3n) is 6.44. The molecule has 6 heteroatoms. The molecule has 4 rings (SSSR count). The van der Waals surface area contributed by atoms with Crippen LogP contribution in [0.1, 0.15) is 48.0 Å². The van der Waals surface area contributed by atoms with E-state index in [1.807, 2.05) is 0 Å². The lowest BCUT2D eigenvalue weighted by atomic mass is 9.88. The number of benzene rings is 1. The standard InChI is InChI=1S/C24H31N3O3/c28-23(21-9-15-27(29)16-10-21)25-19-22-8-11-24(30-22)12-17-26(18-13-24)14-4-7-20-5-2-1-3-6-20/h1-3,5-6,9-10,15-16,22H,4,7-8,11-14,17-19H2,(H,25,28)/t22-/m1/s1. The minimum atomic E-state index is -0.159. The number of aryl methyl sites for hydroxylation is 1. The second-order valence-corrected chi connectivity index (χ2v) is 8.55. The molecule has 2 fully saturated rings. The van der Waals surface area contributed by atoms with Crippen LogP contribution in [0.4, 0.5) is 0 Å². The Labute approximate surface area is 178 Å². The van der Waals surface area contributed by atoms with Gasteiger partial charge in [0.15, 0.2) is 12.4 Å². The molecule has 30 heavy (non-hydrogen) atoms. The number of nitrogens with zero attached hydrogens (tertiary/aromatic N) is 2. The number of piperidine rings is 1. The Morgan fingerprint density at radius 1 is 1.13 bits per heavy atom. The number of nitrogens with one attached hydrogen (secondary N) is 1. The maximum atomic E-state index is 12.2. The highest BCUT2D eigenvalue weighted by atomic mass is 16.5. The van der Waals surface area contributed by atoms with Crippen LogP contribution >= 0.6 is 0 Å². The molecule has 1 aromatic heterocycles. The summed E-state index contributed by atoms with van der Waals surface area (Å²) in [6.45, 7) is 3.85. The van der Waals surface area contributed by atoms with Crippen molar-refractivity contribution in [3.05, 3.63) is 71.2 Å². The highest BCUT2D eigenvalue weighted by Gasteiger charge is 2.42. The molecule has 160 valence electrons. The molecule has 2 saturated heterocycles. The first-order valence-corrected chi connectivity index (χ1v) is 11.0. The molecule has 2 aromatic rings. The molecule has 0 aliphatic carbocycles. The Balaban J connectivity index is 1.16. The van der Waals surface area contributed by atoms with Crippen molar-refractivity contribution in [1.82, 2.24) is 10.2 Å². The van der Waals surface area contributed by atoms with Gasteiger partial charge in [-0.1, -0.05) is 30.3 Å². The summed E-state index contributed by atoms with van der Waals surface area (Å²) in [7, 11) is 0. The highest BCUT2D eigenvalue weighted by Crippen LogP contribution is 2.38. The number of amides is 1. The molecule has 1 N–H and O–H groups in total. The lowest BCUT2D eigenvalue weighted by Gasteiger charge is -2.39. The summed E-state index contributed by atoms with van der Waals surface area (Å²) in [5.74, 6) is -0.159. The van der Waals surface area contributed by atoms with E-state index >= 15 is 0 Å². The van der Waals surface area contributed by atoms with Gasteiger partial charge in [0.05, 0.1) is 17.3 Å². The molecular weight excluding hydrogens is 378 g/mol. The van der Waals surface area contributed by atoms with Crippen LogP contribution in [0.5, 0.6) is 0 Å². The van der Waals surface area contributed by atoms with Gasteiger partial charge in [-0.2, -0.15) is 4.73 Å². The third-order valence-corrected chi connectivity index (χ3v) is 6.44. The fourth-order valence-electron chi connectivity index (χ4n) is 4.62. The molecule has 0 radical (unpaired) electrons. The zero-order valence-corrected chi connectivity index (χ0v) is 17.5. The largest absolute Gasteiger partial charge is 0.619 e. The van der Waals surface area contributed by atoms with Crippen LogP contribution in [-0.4, -0.2) is 48.7 Å². The van der Waals surface area contributed by atoms with E-state index in [0.29, 0.717) is 16.8 Å². The van der Waals surface area contributed by atoms with Crippen molar-refractivity contribution >= 4 is 5.91 Å². The average Bonchev–Trinajstić information content (AvgIpc) is 3.17. The maximum Gasteiger partial charge on any atom is 0.251 e. The van der Waals surface area contributed by atoms with Gasteiger partial charge in [-0.15, -0.1) is 0 Å². The van der Waals surface area contributed by atoms with E-state index in [1.165, 1.54) is 36.5 Å². The van der Waals surface area contributed by atoms with E-state index < -0.39 is 0 Å². The van der Waals surface area contributed by atoms with Crippen LogP contribution in [-0.2, 0) is 11.2 Å². The fraction of sp³-hybridized carbons (Fsp3) is 0.500. The van der Waals surface area contributed by atoms with Gasteiger partial charge in [0.1, 0.15) is 0 Å². The quantitative estimate of drug-likeness (QED) is 0.564. The predicted molar refractivity (Wildman–Crippen MR) is 115 cm³/mol. The van der Waals surface area contributed by atoms with E-state index in [9.17, 15) is 10.0 Å². The lowest BCUT2D eigenvalue weighted by Crippen LogP contribution is -2.45. The van der Waals surface area contributed by atoms with E-state index in [2.05, 4.69) is 40.5 Å². The summed E-state index contributed by atoms with van der Waals surface area (Å²) in [6, 6.07) is 13.8. The first-order valence-electron chi connectivity index (χ1n) is 11.0. The number of carbonyl (C=O) groups is 1. The number of hydrogen-bond donors (Lipinski definition) is 1. The third kappa shape index (κ3) is 5.37. The molecule has 3 heterocycles. The van der Waals surface area contributed by atoms with Gasteiger partial charge in [0.2, 0.25) is 0 Å². The van der Waals surface area contributed by atoms with Gasteiger partial charge in [-0.3, -0.25) is 4.79 Å². The Kier molecular flexibility index (Phi) is 6.65. The van der Waals surface area contributed by atoms with Crippen molar-refractivity contribution in [1.29, 1.82) is 0 Å². The van der Waals surface area contributed by atoms with E-state index in [-0.39, 0.29) is 17.6 Å². The Bertz CT molecular complexity index is 817. The number of hydrogen-bond acceptors (Lipinski definition) is 4. The normalized spacial score (nSPS) is 21.0. The topological polar surface area (TPSA) is 68.5 Å². The van der Waals surface area contributed by atoms with Crippen LogP contribution in [0.25, 0.3) is 0 Å². The molecule has 6 nitrogen and oxygen atoms in total. The Morgan fingerprint density at radius 3 is 2.60 bits per heavy atom. The van der Waals surface area contributed by atoms with Crippen molar-refractivity contribution in [2.24, 2.45) is 0 Å². The molecule has 1 atom stereocenters. The van der Waals surface area contributed by atoms with Crippen molar-refractivity contribution in [2.45, 2.75) is 50.2 Å². The molecule has 0 saturated carbocycles. The zero-order valence-electron chi connectivity index (χ0n) is 17.5. The number of carbonyl (C=O) groups excluding carboxylic acids is 1. The van der Waals surface area contributed by atoms with Crippen molar-refractivity contribution in [3.8, 4) is 0 Å². The maximum absolute atomic E-state index is 12.2. The number of aromatic nitrogens is 1. The predicted octanol–water partition coefficient (Wildman–Crippen LogP) is 2.70. The molecule has 2 aliphatic rings. The molecule has 1 amide bonds. The van der Waals surface area contributed by atoms with Crippen LogP contribution in [0, 0.1) is 5.21 Å². The van der Waals surface area contributed by atoms with Crippen LogP contribution in [0.3, 0.4) is 0 Å². The van der Waals surface area contributed by atoms with Crippen molar-refractivity contribution in [3.63, 3.8) is 0 Å². The van der Waals surface area contributed by atoms with Crippen LogP contribution in [0.2, 0.25) is 0 Å². The lowest BCUT2D eigenvalue weighted by molar-refractivity contribution is -0.605. The summed E-state index contributed by atoms with van der Waals surface area (Å²) < 4.78 is 7.10. The van der Waals surface area contributed by atoms with Gasteiger partial charge < -0.3 is 20.2 Å². The Hall–Kier alpha value is -2.44. The second-order valence-electron chi connectivity index (χ2n) is 8.55. The van der Waals surface area contributed by atoms with E-state index in [0.717, 1.165) is 51.7 Å². The van der Waals surface area contributed by atoms with Crippen molar-refractivity contribution in [2.75, 3.05) is 26.2 Å². The number of likely N-dealkylation sites (tertiary alicyclic amines) is 1. The SMILES string of the molecule is O=C(NC[C@H]1CCC2(CCN(CCCc3ccccc3)CC2)O1)c1cc[n+]([O-])cc1. The molecule has 0 bridgehead atoms. The number of pyridine rings is 1. The van der Waals surface area contributed by atoms with Gasteiger partial charge in [0, 0.05) is 31.8 Å². The monoisotopic (exact) mass is 409 g/mol. The number of rotatable bonds is 7. The molecular formula is C24H31N3O3. The summed E-state index contributed by atoms with van der Waals surface area (Å²) >= 11 is 0. The summed E-state index contributed by atoms with van der Waals surface area (Å²) in [6.07, 6.45) is 9.29. The number of ether oxygens (including phenoxy) is 1. The first-order chi connectivity index (χ1) is 14.6. The molecule has 1 aromatic carbocycles. The van der Waals surface area contributed by atoms with Gasteiger partial charge in [-0.05, 0) is 50.6 Å². The van der Waals surface area contributed by atoms with Crippen LogP contribution < -0.4 is 10.0 Å². The fourth-order valence-corrected chi connectivity index (χ4v) is 4.62. The minimum absolute atomic E-state index is 0.00777. The zero-order chi connectivity index (χ0) is 20.8. The van der Waals surface area contributed by atoms with Gasteiger partial charge >= 0.3 is 0 Å². The summed E-state index contributed by atoms with van der Waals surface area (Å²) in [4.78, 5) is 14.8. The highest BCUT2D eigenvalue weighted by molar-refractivity contribution is 5.93. The summed E-state index contributed by atoms with van der Waals surface area (Å²) in [5, 5.41) is 14.0. The second kappa shape index (κ2) is 9.58. The van der Waals surface area contributed by atoms with Crippen LogP contribution in [0.15, 0.2) is 54.9 Å². The van der Waals surface area contributed by atoms with E-state index in [1.54, 1.807) is 0 Å². The molecule has 2 aliphatic heterocycles. The molecule has 0 unspecified atom stereocenters. The smallest absolute Gasteiger partial charge is 0.251 e.